The normalized spacial score (nSPS) is 15.2. The van der Waals surface area contributed by atoms with Crippen molar-refractivity contribution in [2.75, 3.05) is 62.0 Å². The lowest BCUT2D eigenvalue weighted by Crippen LogP contribution is -2.47. The van der Waals surface area contributed by atoms with Crippen molar-refractivity contribution in [3.05, 3.63) is 54.4 Å². The van der Waals surface area contributed by atoms with E-state index in [4.69, 9.17) is 14.9 Å². The average molecular weight is 585 g/mol. The van der Waals surface area contributed by atoms with Crippen molar-refractivity contribution in [3.63, 3.8) is 0 Å². The first-order valence-corrected chi connectivity index (χ1v) is 15.0. The van der Waals surface area contributed by atoms with Crippen LogP contribution in [0.25, 0.3) is 28.0 Å². The summed E-state index contributed by atoms with van der Waals surface area (Å²) in [6.07, 6.45) is 5.50. The Morgan fingerprint density at radius 2 is 1.95 bits per heavy atom. The quantitative estimate of drug-likeness (QED) is 0.247. The van der Waals surface area contributed by atoms with E-state index in [1.807, 2.05) is 21.7 Å². The van der Waals surface area contributed by atoms with E-state index in [2.05, 4.69) is 20.1 Å². The number of anilines is 2. The summed E-state index contributed by atoms with van der Waals surface area (Å²) in [5.41, 5.74) is 8.67. The standard InChI is InChI=1S/C27H30F2N8O3S/c1-41(38)13-3-12-40-25-16-23(19(28)14-20(25)29)35-8-5-34(6-9-35)7-10-36-26-18(17-31-36)22-15-21(24-4-2-11-39-24)33-37(22)27(30)32-26/h2,4,11,14-17H,3,5-10,12-13H2,1H3,(H2,30,32). The summed E-state index contributed by atoms with van der Waals surface area (Å²) < 4.78 is 54.6. The van der Waals surface area contributed by atoms with E-state index in [9.17, 15) is 13.0 Å². The van der Waals surface area contributed by atoms with Crippen molar-refractivity contribution in [3.8, 4) is 17.2 Å². The molecule has 1 atom stereocenters. The molecular weight excluding hydrogens is 554 g/mol. The molecule has 41 heavy (non-hydrogen) atoms. The fraction of sp³-hybridized carbons (Fsp3) is 0.370. The third-order valence-corrected chi connectivity index (χ3v) is 8.05. The van der Waals surface area contributed by atoms with Gasteiger partial charge in [0.2, 0.25) is 5.95 Å². The van der Waals surface area contributed by atoms with Crippen LogP contribution in [0.1, 0.15) is 6.42 Å². The highest BCUT2D eigenvalue weighted by Gasteiger charge is 2.22. The first-order chi connectivity index (χ1) is 19.9. The van der Waals surface area contributed by atoms with Gasteiger partial charge >= 0.3 is 0 Å². The number of fused-ring (bicyclic) bond motifs is 3. The van der Waals surface area contributed by atoms with Crippen molar-refractivity contribution >= 4 is 39.0 Å². The van der Waals surface area contributed by atoms with Crippen LogP contribution >= 0.6 is 0 Å². The van der Waals surface area contributed by atoms with E-state index >= 15 is 0 Å². The SMILES string of the molecule is CS(=O)CCCOc1cc(N2CCN(CCn3ncc4c3nc(N)n3nc(-c5ccco5)cc43)CC2)c(F)cc1F. The fourth-order valence-corrected chi connectivity index (χ4v) is 5.58. The number of hydrogen-bond donors (Lipinski definition) is 1. The number of ether oxygens (including phenoxy) is 1. The van der Waals surface area contributed by atoms with E-state index < -0.39 is 22.4 Å². The van der Waals surface area contributed by atoms with Crippen molar-refractivity contribution in [1.29, 1.82) is 0 Å². The summed E-state index contributed by atoms with van der Waals surface area (Å²) in [5.74, 6) is 0.00981. The Morgan fingerprint density at radius 1 is 1.12 bits per heavy atom. The molecule has 14 heteroatoms. The van der Waals surface area contributed by atoms with E-state index in [0.29, 0.717) is 74.2 Å². The molecule has 11 nitrogen and oxygen atoms in total. The monoisotopic (exact) mass is 584 g/mol. The number of benzene rings is 1. The zero-order chi connectivity index (χ0) is 28.5. The van der Waals surface area contributed by atoms with E-state index in [1.54, 1.807) is 29.3 Å². The summed E-state index contributed by atoms with van der Waals surface area (Å²) in [6, 6.07) is 7.83. The van der Waals surface area contributed by atoms with Crippen LogP contribution in [0, 0.1) is 11.6 Å². The predicted octanol–water partition coefficient (Wildman–Crippen LogP) is 3.17. The Morgan fingerprint density at radius 3 is 2.71 bits per heavy atom. The highest BCUT2D eigenvalue weighted by Crippen LogP contribution is 2.30. The molecule has 1 fully saturated rings. The molecule has 1 aromatic carbocycles. The Balaban J connectivity index is 1.09. The lowest BCUT2D eigenvalue weighted by atomic mass is 10.2. The van der Waals surface area contributed by atoms with Crippen molar-refractivity contribution in [2.45, 2.75) is 13.0 Å². The smallest absolute Gasteiger partial charge is 0.223 e. The van der Waals surface area contributed by atoms with Crippen LogP contribution in [0.5, 0.6) is 5.75 Å². The summed E-state index contributed by atoms with van der Waals surface area (Å²) in [7, 11) is -0.942. The lowest BCUT2D eigenvalue weighted by molar-refractivity contribution is 0.244. The molecule has 0 spiro atoms. The Kier molecular flexibility index (Phi) is 7.58. The highest BCUT2D eigenvalue weighted by molar-refractivity contribution is 7.84. The second-order valence-corrected chi connectivity index (χ2v) is 11.5. The van der Waals surface area contributed by atoms with Gasteiger partial charge in [-0.05, 0) is 24.6 Å². The average Bonchev–Trinajstić information content (AvgIpc) is 3.71. The van der Waals surface area contributed by atoms with Crippen molar-refractivity contribution in [2.24, 2.45) is 0 Å². The molecule has 4 aromatic heterocycles. The molecule has 0 bridgehead atoms. The third kappa shape index (κ3) is 5.61. The maximum absolute atomic E-state index is 14.7. The Hall–Kier alpha value is -4.04. The summed E-state index contributed by atoms with van der Waals surface area (Å²) >= 11 is 0. The van der Waals surface area contributed by atoms with Crippen LogP contribution in [0.2, 0.25) is 0 Å². The van der Waals surface area contributed by atoms with Gasteiger partial charge in [0.1, 0.15) is 11.5 Å². The second-order valence-electron chi connectivity index (χ2n) is 9.92. The van der Waals surface area contributed by atoms with Crippen molar-refractivity contribution in [1.82, 2.24) is 29.3 Å². The van der Waals surface area contributed by atoms with Crippen LogP contribution in [-0.4, -0.2) is 84.8 Å². The summed E-state index contributed by atoms with van der Waals surface area (Å²) in [4.78, 5) is 8.72. The van der Waals surface area contributed by atoms with Crippen LogP contribution in [0.4, 0.5) is 20.4 Å². The van der Waals surface area contributed by atoms with Gasteiger partial charge < -0.3 is 19.8 Å². The molecule has 5 aromatic rings. The molecular formula is C27H30F2N8O3S. The number of nitrogen functional groups attached to an aromatic ring is 1. The molecule has 1 unspecified atom stereocenters. The summed E-state index contributed by atoms with van der Waals surface area (Å²) in [5, 5.41) is 9.92. The lowest BCUT2D eigenvalue weighted by Gasteiger charge is -2.36. The van der Waals surface area contributed by atoms with Gasteiger partial charge in [0.25, 0.3) is 0 Å². The minimum absolute atomic E-state index is 0.00613. The number of nitrogens with zero attached hydrogens (tertiary/aromatic N) is 7. The van der Waals surface area contributed by atoms with Crippen LogP contribution < -0.4 is 15.4 Å². The minimum Gasteiger partial charge on any atom is -0.490 e. The number of hydrogen-bond acceptors (Lipinski definition) is 9. The van der Waals surface area contributed by atoms with Gasteiger partial charge in [-0.1, -0.05) is 0 Å². The number of nitrogens with two attached hydrogens (primary N) is 1. The van der Waals surface area contributed by atoms with Crippen LogP contribution in [0.15, 0.2) is 47.2 Å². The molecule has 2 N–H and O–H groups in total. The van der Waals surface area contributed by atoms with Gasteiger partial charge in [-0.15, -0.1) is 0 Å². The van der Waals surface area contributed by atoms with Crippen LogP contribution in [0.3, 0.4) is 0 Å². The Bertz CT molecular complexity index is 1700. The molecule has 1 aliphatic heterocycles. The molecule has 5 heterocycles. The zero-order valence-electron chi connectivity index (χ0n) is 22.5. The van der Waals surface area contributed by atoms with E-state index in [-0.39, 0.29) is 18.3 Å². The number of rotatable bonds is 10. The molecule has 0 radical (unpaired) electrons. The first-order valence-electron chi connectivity index (χ1n) is 13.3. The highest BCUT2D eigenvalue weighted by atomic mass is 32.2. The van der Waals surface area contributed by atoms with Gasteiger partial charge in [0.15, 0.2) is 23.0 Å². The minimum atomic E-state index is -0.942. The van der Waals surface area contributed by atoms with Gasteiger partial charge in [-0.2, -0.15) is 19.7 Å². The molecule has 0 aliphatic carbocycles. The van der Waals surface area contributed by atoms with Gasteiger partial charge in [0.05, 0.1) is 42.2 Å². The fourth-order valence-electron chi connectivity index (χ4n) is 5.05. The maximum atomic E-state index is 14.7. The molecule has 1 saturated heterocycles. The molecule has 1 aliphatic rings. The molecule has 216 valence electrons. The maximum Gasteiger partial charge on any atom is 0.223 e. The van der Waals surface area contributed by atoms with Crippen LogP contribution in [-0.2, 0) is 17.3 Å². The number of furan rings is 1. The Labute approximate surface area is 236 Å². The molecule has 0 saturated carbocycles. The van der Waals surface area contributed by atoms with E-state index in [0.717, 1.165) is 17.0 Å². The first kappa shape index (κ1) is 27.1. The molecule has 6 rings (SSSR count). The van der Waals surface area contributed by atoms with Gasteiger partial charge in [-0.3, -0.25) is 9.11 Å². The molecule has 0 amide bonds. The zero-order valence-corrected chi connectivity index (χ0v) is 23.3. The predicted molar refractivity (Wildman–Crippen MR) is 152 cm³/mol. The second kappa shape index (κ2) is 11.4. The van der Waals surface area contributed by atoms with E-state index in [1.165, 1.54) is 6.07 Å². The largest absolute Gasteiger partial charge is 0.490 e. The summed E-state index contributed by atoms with van der Waals surface area (Å²) in [6.45, 7) is 4.08. The van der Waals surface area contributed by atoms with Gasteiger partial charge in [-0.25, -0.2) is 13.5 Å². The van der Waals surface area contributed by atoms with Crippen molar-refractivity contribution < 1.29 is 22.1 Å². The third-order valence-electron chi connectivity index (χ3n) is 7.18. The number of halogens is 2. The van der Waals surface area contributed by atoms with Gasteiger partial charge in [0, 0.05) is 67.7 Å². The topological polar surface area (TPSA) is 120 Å². The number of aromatic nitrogens is 5. The number of piperazine rings is 1.